The number of esters is 2. The normalized spacial score (nSPS) is 10.6. The van der Waals surface area contributed by atoms with Gasteiger partial charge in [0.2, 0.25) is 0 Å². The second-order valence-electron chi connectivity index (χ2n) is 5.52. The second kappa shape index (κ2) is 10.9. The van der Waals surface area contributed by atoms with Crippen molar-refractivity contribution in [2.24, 2.45) is 0 Å². The van der Waals surface area contributed by atoms with E-state index in [0.717, 1.165) is 4.47 Å². The van der Waals surface area contributed by atoms with Crippen LogP contribution in [0.15, 0.2) is 52.5 Å². The van der Waals surface area contributed by atoms with Gasteiger partial charge in [0, 0.05) is 4.47 Å². The van der Waals surface area contributed by atoms with Crippen molar-refractivity contribution in [1.29, 1.82) is 5.26 Å². The SMILES string of the molecule is CCOC(=O)/C(C#N)=C/c1ccc(OC(=O)COc2cccc(Br)c2)c(OC)c1. The number of hydrogen-bond acceptors (Lipinski definition) is 7. The van der Waals surface area contributed by atoms with Crippen LogP contribution in [0.5, 0.6) is 17.2 Å². The number of rotatable bonds is 8. The molecule has 0 amide bonds. The summed E-state index contributed by atoms with van der Waals surface area (Å²) in [7, 11) is 1.41. The maximum absolute atomic E-state index is 12.1. The number of carbonyl (C=O) groups excluding carboxylic acids is 2. The first-order chi connectivity index (χ1) is 14.0. The summed E-state index contributed by atoms with van der Waals surface area (Å²) in [5, 5.41) is 9.12. The molecule has 0 N–H and O–H groups in total. The summed E-state index contributed by atoms with van der Waals surface area (Å²) in [5.74, 6) is -0.366. The molecule has 8 heteroatoms. The van der Waals surface area contributed by atoms with Crippen LogP contribution in [0.4, 0.5) is 0 Å². The lowest BCUT2D eigenvalue weighted by molar-refractivity contribution is -0.138. The van der Waals surface area contributed by atoms with E-state index in [1.165, 1.54) is 25.3 Å². The Labute approximate surface area is 176 Å². The van der Waals surface area contributed by atoms with E-state index < -0.39 is 11.9 Å². The first kappa shape index (κ1) is 22.0. The lowest BCUT2D eigenvalue weighted by Crippen LogP contribution is -2.18. The van der Waals surface area contributed by atoms with Crippen molar-refractivity contribution in [3.05, 3.63) is 58.1 Å². The van der Waals surface area contributed by atoms with Gasteiger partial charge in [0.15, 0.2) is 18.1 Å². The van der Waals surface area contributed by atoms with Crippen LogP contribution in [-0.4, -0.2) is 32.3 Å². The van der Waals surface area contributed by atoms with Gasteiger partial charge in [-0.3, -0.25) is 0 Å². The average Bonchev–Trinajstić information content (AvgIpc) is 2.71. The van der Waals surface area contributed by atoms with E-state index >= 15 is 0 Å². The molecule has 29 heavy (non-hydrogen) atoms. The molecule has 0 aromatic heterocycles. The smallest absolute Gasteiger partial charge is 0.349 e. The van der Waals surface area contributed by atoms with Crippen molar-refractivity contribution in [2.45, 2.75) is 6.92 Å². The standard InChI is InChI=1S/C21H18BrNO6/c1-3-27-21(25)15(12-23)9-14-7-8-18(19(10-14)26-2)29-20(24)13-28-17-6-4-5-16(22)11-17/h4-11H,3,13H2,1-2H3/b15-9+. The predicted molar refractivity (Wildman–Crippen MR) is 108 cm³/mol. The number of carbonyl (C=O) groups is 2. The van der Waals surface area contributed by atoms with Crippen LogP contribution in [0.25, 0.3) is 6.08 Å². The molecular weight excluding hydrogens is 442 g/mol. The topological polar surface area (TPSA) is 94.9 Å². The average molecular weight is 460 g/mol. The van der Waals surface area contributed by atoms with Gasteiger partial charge >= 0.3 is 11.9 Å². The highest BCUT2D eigenvalue weighted by molar-refractivity contribution is 9.10. The molecule has 0 aliphatic rings. The van der Waals surface area contributed by atoms with Crippen molar-refractivity contribution in [2.75, 3.05) is 20.3 Å². The summed E-state index contributed by atoms with van der Waals surface area (Å²) in [5.41, 5.74) is 0.359. The summed E-state index contributed by atoms with van der Waals surface area (Å²) in [4.78, 5) is 23.8. The molecule has 0 spiro atoms. The minimum absolute atomic E-state index is 0.152. The molecule has 7 nitrogen and oxygen atoms in total. The minimum Gasteiger partial charge on any atom is -0.493 e. The van der Waals surface area contributed by atoms with Gasteiger partial charge in [-0.25, -0.2) is 9.59 Å². The molecule has 0 atom stereocenters. The molecule has 0 radical (unpaired) electrons. The number of nitriles is 1. The molecule has 0 saturated heterocycles. The van der Waals surface area contributed by atoms with Crippen molar-refractivity contribution < 1.29 is 28.5 Å². The van der Waals surface area contributed by atoms with Crippen molar-refractivity contribution in [3.63, 3.8) is 0 Å². The molecule has 150 valence electrons. The Hall–Kier alpha value is -3.31. The minimum atomic E-state index is -0.714. The lowest BCUT2D eigenvalue weighted by atomic mass is 10.1. The number of benzene rings is 2. The zero-order valence-corrected chi connectivity index (χ0v) is 17.4. The van der Waals surface area contributed by atoms with Gasteiger partial charge in [0.05, 0.1) is 13.7 Å². The van der Waals surface area contributed by atoms with E-state index in [1.54, 1.807) is 37.3 Å². The summed E-state index contributed by atoms with van der Waals surface area (Å²) < 4.78 is 21.6. The van der Waals surface area contributed by atoms with Gasteiger partial charge < -0.3 is 18.9 Å². The fraction of sp³-hybridized carbons (Fsp3) is 0.190. The third-order valence-electron chi connectivity index (χ3n) is 3.49. The Morgan fingerprint density at radius 1 is 1.17 bits per heavy atom. The van der Waals surface area contributed by atoms with E-state index in [4.69, 9.17) is 24.2 Å². The summed E-state index contributed by atoms with van der Waals surface area (Å²) in [6.07, 6.45) is 1.36. The van der Waals surface area contributed by atoms with E-state index in [-0.39, 0.29) is 30.3 Å². The largest absolute Gasteiger partial charge is 0.493 e. The van der Waals surface area contributed by atoms with Crippen LogP contribution in [0.2, 0.25) is 0 Å². The highest BCUT2D eigenvalue weighted by Gasteiger charge is 2.14. The third kappa shape index (κ3) is 6.66. The molecule has 0 heterocycles. The van der Waals surface area contributed by atoms with Gasteiger partial charge in [0.1, 0.15) is 17.4 Å². The van der Waals surface area contributed by atoms with E-state index in [0.29, 0.717) is 11.3 Å². The molecule has 2 aromatic rings. The molecule has 2 rings (SSSR count). The number of nitrogens with zero attached hydrogens (tertiary/aromatic N) is 1. The van der Waals surface area contributed by atoms with Crippen molar-refractivity contribution in [3.8, 4) is 23.3 Å². The van der Waals surface area contributed by atoms with Crippen LogP contribution in [0.3, 0.4) is 0 Å². The fourth-order valence-corrected chi connectivity index (χ4v) is 2.60. The zero-order valence-electron chi connectivity index (χ0n) is 15.8. The van der Waals surface area contributed by atoms with E-state index in [2.05, 4.69) is 15.9 Å². The van der Waals surface area contributed by atoms with Gasteiger partial charge in [0.25, 0.3) is 0 Å². The zero-order chi connectivity index (χ0) is 21.2. The van der Waals surface area contributed by atoms with Gasteiger partial charge in [-0.15, -0.1) is 0 Å². The Bertz CT molecular complexity index is 964. The maximum atomic E-state index is 12.1. The monoisotopic (exact) mass is 459 g/mol. The van der Waals surface area contributed by atoms with Gasteiger partial charge in [-0.1, -0.05) is 28.1 Å². The van der Waals surface area contributed by atoms with Crippen LogP contribution in [0, 0.1) is 11.3 Å². The first-order valence-corrected chi connectivity index (χ1v) is 9.32. The summed E-state index contributed by atoms with van der Waals surface area (Å²) in [6.45, 7) is 1.53. The molecule has 2 aromatic carbocycles. The Kier molecular flexibility index (Phi) is 8.25. The highest BCUT2D eigenvalue weighted by Crippen LogP contribution is 2.29. The highest BCUT2D eigenvalue weighted by atomic mass is 79.9. The molecule has 0 bridgehead atoms. The molecular formula is C21H18BrNO6. The Balaban J connectivity index is 2.09. The number of hydrogen-bond donors (Lipinski definition) is 0. The Morgan fingerprint density at radius 2 is 1.97 bits per heavy atom. The van der Waals surface area contributed by atoms with Crippen LogP contribution >= 0.6 is 15.9 Å². The third-order valence-corrected chi connectivity index (χ3v) is 3.98. The van der Waals surface area contributed by atoms with E-state index in [9.17, 15) is 9.59 Å². The molecule has 0 saturated carbocycles. The number of methoxy groups -OCH3 is 1. The first-order valence-electron chi connectivity index (χ1n) is 8.52. The van der Waals surface area contributed by atoms with Crippen LogP contribution in [0.1, 0.15) is 12.5 Å². The van der Waals surface area contributed by atoms with Crippen molar-refractivity contribution >= 4 is 33.9 Å². The molecule has 0 aliphatic carbocycles. The molecule has 0 unspecified atom stereocenters. The van der Waals surface area contributed by atoms with E-state index in [1.807, 2.05) is 6.07 Å². The van der Waals surface area contributed by atoms with Crippen molar-refractivity contribution in [1.82, 2.24) is 0 Å². The van der Waals surface area contributed by atoms with Gasteiger partial charge in [-0.05, 0) is 48.9 Å². The summed E-state index contributed by atoms with van der Waals surface area (Å²) >= 11 is 3.32. The maximum Gasteiger partial charge on any atom is 0.349 e. The summed E-state index contributed by atoms with van der Waals surface area (Å²) in [6, 6.07) is 13.5. The quantitative estimate of drug-likeness (QED) is 0.255. The fourth-order valence-electron chi connectivity index (χ4n) is 2.22. The second-order valence-corrected chi connectivity index (χ2v) is 6.44. The molecule has 0 fully saturated rings. The van der Waals surface area contributed by atoms with Crippen LogP contribution in [-0.2, 0) is 14.3 Å². The van der Waals surface area contributed by atoms with Crippen LogP contribution < -0.4 is 14.2 Å². The Morgan fingerprint density at radius 3 is 2.62 bits per heavy atom. The lowest BCUT2D eigenvalue weighted by Gasteiger charge is -2.11. The predicted octanol–water partition coefficient (Wildman–Crippen LogP) is 3.91. The number of halogens is 1. The number of ether oxygens (including phenoxy) is 4. The van der Waals surface area contributed by atoms with Gasteiger partial charge in [-0.2, -0.15) is 5.26 Å². The molecule has 0 aliphatic heterocycles.